The topological polar surface area (TPSA) is 55.1 Å². The van der Waals surface area contributed by atoms with Gasteiger partial charge in [-0.15, -0.1) is 11.8 Å². The van der Waals surface area contributed by atoms with Crippen LogP contribution in [0.15, 0.2) is 18.2 Å². The second-order valence-electron chi connectivity index (χ2n) is 4.92. The third-order valence-corrected chi connectivity index (χ3v) is 3.89. The number of nitrogen functional groups attached to an aromatic ring is 1. The first-order chi connectivity index (χ1) is 8.90. The number of amides is 1. The number of halogens is 1. The van der Waals surface area contributed by atoms with Gasteiger partial charge in [-0.05, 0) is 43.2 Å². The molecule has 1 unspecified atom stereocenters. The lowest BCUT2D eigenvalue weighted by Gasteiger charge is -2.14. The van der Waals surface area contributed by atoms with Crippen molar-refractivity contribution in [1.29, 1.82) is 0 Å². The Bertz CT molecular complexity index is 437. The molecule has 0 aliphatic rings. The Labute approximate surface area is 118 Å². The molecule has 0 aliphatic carbocycles. The Morgan fingerprint density at radius 2 is 2.11 bits per heavy atom. The summed E-state index contributed by atoms with van der Waals surface area (Å²) in [6, 6.07) is 3.96. The molecule has 0 saturated carbocycles. The van der Waals surface area contributed by atoms with Crippen molar-refractivity contribution < 1.29 is 9.18 Å². The highest BCUT2D eigenvalue weighted by atomic mass is 32.2. The fraction of sp³-hybridized carbons (Fsp3) is 0.500. The van der Waals surface area contributed by atoms with Crippen molar-refractivity contribution in [2.24, 2.45) is 5.92 Å². The van der Waals surface area contributed by atoms with Gasteiger partial charge in [-0.2, -0.15) is 0 Å². The maximum atomic E-state index is 12.9. The molecular formula is C14H21FN2OS. The summed E-state index contributed by atoms with van der Waals surface area (Å²) in [5.74, 6) is 1.07. The summed E-state index contributed by atoms with van der Waals surface area (Å²) >= 11 is 1.61. The van der Waals surface area contributed by atoms with E-state index in [4.69, 9.17) is 5.73 Å². The molecule has 0 aromatic heterocycles. The van der Waals surface area contributed by atoms with Crippen LogP contribution in [-0.4, -0.2) is 16.9 Å². The Hall–Kier alpha value is -1.23. The van der Waals surface area contributed by atoms with Crippen molar-refractivity contribution >= 4 is 29.0 Å². The molecule has 106 valence electrons. The minimum Gasteiger partial charge on any atom is -0.397 e. The molecule has 19 heavy (non-hydrogen) atoms. The van der Waals surface area contributed by atoms with Crippen LogP contribution in [0.2, 0.25) is 0 Å². The Morgan fingerprint density at radius 1 is 1.42 bits per heavy atom. The summed E-state index contributed by atoms with van der Waals surface area (Å²) in [7, 11) is 0. The van der Waals surface area contributed by atoms with Gasteiger partial charge in [0.05, 0.1) is 16.6 Å². The lowest BCUT2D eigenvalue weighted by atomic mass is 10.2. The SMILES string of the molecule is CC(C)CCSC(C)C(=O)Nc1ccc(F)cc1N. The lowest BCUT2D eigenvalue weighted by molar-refractivity contribution is -0.115. The van der Waals surface area contributed by atoms with E-state index < -0.39 is 5.82 Å². The standard InChI is InChI=1S/C14H21FN2OS/c1-9(2)6-7-19-10(3)14(18)17-13-5-4-11(15)8-12(13)16/h4-5,8-10H,6-7,16H2,1-3H3,(H,17,18). The molecule has 1 aromatic carbocycles. The number of benzene rings is 1. The maximum absolute atomic E-state index is 12.9. The molecule has 1 atom stereocenters. The molecule has 1 aromatic rings. The van der Waals surface area contributed by atoms with Crippen molar-refractivity contribution in [3.63, 3.8) is 0 Å². The van der Waals surface area contributed by atoms with Crippen molar-refractivity contribution in [2.45, 2.75) is 32.4 Å². The van der Waals surface area contributed by atoms with Gasteiger partial charge < -0.3 is 11.1 Å². The summed E-state index contributed by atoms with van der Waals surface area (Å²) < 4.78 is 12.9. The summed E-state index contributed by atoms with van der Waals surface area (Å²) in [6.07, 6.45) is 1.08. The molecule has 5 heteroatoms. The third-order valence-electron chi connectivity index (χ3n) is 2.70. The van der Waals surface area contributed by atoms with E-state index in [0.717, 1.165) is 12.2 Å². The molecule has 0 aliphatic heterocycles. The van der Waals surface area contributed by atoms with Gasteiger partial charge >= 0.3 is 0 Å². The van der Waals surface area contributed by atoms with E-state index in [9.17, 15) is 9.18 Å². The first-order valence-corrected chi connectivity index (χ1v) is 7.42. The van der Waals surface area contributed by atoms with Crippen LogP contribution >= 0.6 is 11.8 Å². The average Bonchev–Trinajstić information content (AvgIpc) is 2.32. The van der Waals surface area contributed by atoms with Crippen LogP contribution in [-0.2, 0) is 4.79 Å². The highest BCUT2D eigenvalue weighted by molar-refractivity contribution is 8.00. The van der Waals surface area contributed by atoms with E-state index >= 15 is 0 Å². The van der Waals surface area contributed by atoms with Crippen molar-refractivity contribution in [1.82, 2.24) is 0 Å². The van der Waals surface area contributed by atoms with E-state index in [-0.39, 0.29) is 16.8 Å². The van der Waals surface area contributed by atoms with Crippen LogP contribution < -0.4 is 11.1 Å². The van der Waals surface area contributed by atoms with Gasteiger partial charge in [0, 0.05) is 0 Å². The Morgan fingerprint density at radius 3 is 2.68 bits per heavy atom. The van der Waals surface area contributed by atoms with Crippen LogP contribution in [0.25, 0.3) is 0 Å². The summed E-state index contributed by atoms with van der Waals surface area (Å²) in [6.45, 7) is 6.18. The van der Waals surface area contributed by atoms with Gasteiger partial charge in [-0.25, -0.2) is 4.39 Å². The monoisotopic (exact) mass is 284 g/mol. The average molecular weight is 284 g/mol. The number of thioether (sulfide) groups is 1. The van der Waals surface area contributed by atoms with Crippen molar-refractivity contribution in [3.05, 3.63) is 24.0 Å². The van der Waals surface area contributed by atoms with E-state index in [1.807, 2.05) is 6.92 Å². The number of nitrogens with two attached hydrogens (primary N) is 1. The van der Waals surface area contributed by atoms with Crippen LogP contribution in [0.3, 0.4) is 0 Å². The first-order valence-electron chi connectivity index (χ1n) is 6.37. The zero-order valence-electron chi connectivity index (χ0n) is 11.6. The summed E-state index contributed by atoms with van der Waals surface area (Å²) in [5, 5.41) is 2.57. The highest BCUT2D eigenvalue weighted by Crippen LogP contribution is 2.21. The van der Waals surface area contributed by atoms with Gasteiger partial charge in [0.2, 0.25) is 5.91 Å². The number of carbonyl (C=O) groups is 1. The third kappa shape index (κ3) is 5.51. The normalized spacial score (nSPS) is 12.5. The van der Waals surface area contributed by atoms with Crippen LogP contribution in [0.1, 0.15) is 27.2 Å². The van der Waals surface area contributed by atoms with Gasteiger partial charge in [-0.3, -0.25) is 4.79 Å². The molecule has 0 spiro atoms. The molecule has 0 heterocycles. The second-order valence-corrected chi connectivity index (χ2v) is 6.37. The highest BCUT2D eigenvalue weighted by Gasteiger charge is 2.14. The summed E-state index contributed by atoms with van der Waals surface area (Å²) in [5.41, 5.74) is 6.35. The number of hydrogen-bond acceptors (Lipinski definition) is 3. The van der Waals surface area contributed by atoms with E-state index in [0.29, 0.717) is 11.6 Å². The second kappa shape index (κ2) is 7.38. The van der Waals surface area contributed by atoms with E-state index in [1.54, 1.807) is 11.8 Å². The zero-order chi connectivity index (χ0) is 14.4. The fourth-order valence-electron chi connectivity index (χ4n) is 1.44. The zero-order valence-corrected chi connectivity index (χ0v) is 12.4. The van der Waals surface area contributed by atoms with Crippen LogP contribution in [0, 0.1) is 11.7 Å². The maximum Gasteiger partial charge on any atom is 0.237 e. The molecule has 3 nitrogen and oxygen atoms in total. The molecule has 1 rings (SSSR count). The number of rotatable bonds is 6. The lowest BCUT2D eigenvalue weighted by Crippen LogP contribution is -2.23. The molecule has 0 bridgehead atoms. The summed E-state index contributed by atoms with van der Waals surface area (Å²) in [4.78, 5) is 11.9. The first kappa shape index (κ1) is 15.8. The molecule has 0 fully saturated rings. The predicted octanol–water partition coefficient (Wildman–Crippen LogP) is 3.51. The molecule has 1 amide bonds. The smallest absolute Gasteiger partial charge is 0.237 e. The minimum atomic E-state index is -0.408. The van der Waals surface area contributed by atoms with Crippen LogP contribution in [0.5, 0.6) is 0 Å². The quantitative estimate of drug-likeness (QED) is 0.786. The molecule has 0 radical (unpaired) electrons. The van der Waals surface area contributed by atoms with Crippen molar-refractivity contribution in [3.8, 4) is 0 Å². The van der Waals surface area contributed by atoms with Gasteiger partial charge in [0.15, 0.2) is 0 Å². The number of anilines is 2. The van der Waals surface area contributed by atoms with Gasteiger partial charge in [0.1, 0.15) is 5.82 Å². The predicted molar refractivity (Wildman–Crippen MR) is 80.8 cm³/mol. The largest absolute Gasteiger partial charge is 0.397 e. The minimum absolute atomic E-state index is 0.105. The number of carbonyl (C=O) groups excluding carboxylic acids is 1. The number of hydrogen-bond donors (Lipinski definition) is 2. The van der Waals surface area contributed by atoms with Gasteiger partial charge in [0.25, 0.3) is 0 Å². The van der Waals surface area contributed by atoms with Gasteiger partial charge in [-0.1, -0.05) is 13.8 Å². The van der Waals surface area contributed by atoms with Crippen molar-refractivity contribution in [2.75, 3.05) is 16.8 Å². The Balaban J connectivity index is 2.49. The molecular weight excluding hydrogens is 263 g/mol. The van der Waals surface area contributed by atoms with Crippen LogP contribution in [0.4, 0.5) is 15.8 Å². The Kier molecular flexibility index (Phi) is 6.15. The molecule has 3 N–H and O–H groups in total. The van der Waals surface area contributed by atoms with E-state index in [1.165, 1.54) is 18.2 Å². The molecule has 0 saturated heterocycles. The van der Waals surface area contributed by atoms with E-state index in [2.05, 4.69) is 19.2 Å². The number of nitrogens with one attached hydrogen (secondary N) is 1. The fourth-order valence-corrected chi connectivity index (χ4v) is 2.61.